The Bertz CT molecular complexity index is 290. The molecular weight excluding hydrogens is 234 g/mol. The second-order valence-electron chi connectivity index (χ2n) is 7.28. The van der Waals surface area contributed by atoms with Crippen LogP contribution in [0.2, 0.25) is 0 Å². The lowest BCUT2D eigenvalue weighted by Crippen LogP contribution is -2.62. The van der Waals surface area contributed by atoms with Crippen LogP contribution in [0.4, 0.5) is 0 Å². The summed E-state index contributed by atoms with van der Waals surface area (Å²) in [6.07, 6.45) is 7.15. The Morgan fingerprint density at radius 2 is 1.74 bits per heavy atom. The van der Waals surface area contributed by atoms with E-state index in [2.05, 4.69) is 36.0 Å². The molecule has 0 aromatic heterocycles. The van der Waals surface area contributed by atoms with Gasteiger partial charge in [-0.25, -0.2) is 0 Å². The van der Waals surface area contributed by atoms with Crippen molar-refractivity contribution in [1.29, 1.82) is 0 Å². The van der Waals surface area contributed by atoms with E-state index in [4.69, 9.17) is 0 Å². The Hall–Kier alpha value is -0.120. The number of piperazine rings is 1. The molecule has 0 aromatic carbocycles. The van der Waals surface area contributed by atoms with Gasteiger partial charge in [0, 0.05) is 43.8 Å². The molecule has 110 valence electrons. The van der Waals surface area contributed by atoms with E-state index in [1.54, 1.807) is 0 Å². The summed E-state index contributed by atoms with van der Waals surface area (Å²) in [5.41, 5.74) is 0. The summed E-state index contributed by atoms with van der Waals surface area (Å²) in [7, 11) is 2.36. The van der Waals surface area contributed by atoms with E-state index < -0.39 is 0 Å². The third-order valence-electron chi connectivity index (χ3n) is 5.88. The van der Waals surface area contributed by atoms with E-state index in [1.807, 2.05) is 0 Å². The second-order valence-corrected chi connectivity index (χ2v) is 7.28. The first-order chi connectivity index (χ1) is 9.16. The van der Waals surface area contributed by atoms with Crippen LogP contribution < -0.4 is 5.32 Å². The molecular formula is C16H31N3. The predicted octanol–water partition coefficient (Wildman–Crippen LogP) is 1.93. The molecule has 3 heteroatoms. The maximum Gasteiger partial charge on any atom is 0.0247 e. The molecule has 1 N–H and O–H groups in total. The lowest BCUT2D eigenvalue weighted by molar-refractivity contribution is -0.0200. The number of hydrogen-bond donors (Lipinski definition) is 1. The number of nitrogens with zero attached hydrogens (tertiary/aromatic N) is 2. The molecule has 3 unspecified atom stereocenters. The van der Waals surface area contributed by atoms with Gasteiger partial charge in [0.15, 0.2) is 0 Å². The van der Waals surface area contributed by atoms with E-state index in [0.717, 1.165) is 30.1 Å². The highest BCUT2D eigenvalue weighted by Crippen LogP contribution is 2.36. The van der Waals surface area contributed by atoms with Crippen molar-refractivity contribution in [2.75, 3.05) is 26.7 Å². The first-order valence-corrected chi connectivity index (χ1v) is 8.35. The lowest BCUT2D eigenvalue weighted by Gasteiger charge is -2.52. The molecule has 0 aromatic rings. The molecule has 0 spiro atoms. The highest BCUT2D eigenvalue weighted by atomic mass is 15.3. The third kappa shape index (κ3) is 2.70. The fourth-order valence-corrected chi connectivity index (χ4v) is 4.67. The zero-order chi connectivity index (χ0) is 13.4. The predicted molar refractivity (Wildman–Crippen MR) is 80.4 cm³/mol. The molecule has 3 nitrogen and oxygen atoms in total. The standard InChI is InChI=1S/C16H31N3/c1-12(2)16-11-17-7-8-19(16)15-9-13-5-4-6-14(10-15)18(13)3/h12-17H,4-11H2,1-3H3. The first kappa shape index (κ1) is 13.8. The van der Waals surface area contributed by atoms with Gasteiger partial charge >= 0.3 is 0 Å². The minimum atomic E-state index is 0.753. The maximum atomic E-state index is 3.59. The molecule has 3 heterocycles. The van der Waals surface area contributed by atoms with Gasteiger partial charge in [0.05, 0.1) is 0 Å². The Balaban J connectivity index is 1.71. The van der Waals surface area contributed by atoms with Crippen LogP contribution in [0.25, 0.3) is 0 Å². The van der Waals surface area contributed by atoms with Crippen molar-refractivity contribution < 1.29 is 0 Å². The van der Waals surface area contributed by atoms with Crippen molar-refractivity contribution >= 4 is 0 Å². The van der Waals surface area contributed by atoms with Crippen molar-refractivity contribution in [2.24, 2.45) is 5.92 Å². The van der Waals surface area contributed by atoms with Crippen LogP contribution in [-0.2, 0) is 0 Å². The highest BCUT2D eigenvalue weighted by Gasteiger charge is 2.40. The molecule has 2 bridgehead atoms. The molecule has 3 aliphatic rings. The maximum absolute atomic E-state index is 3.59. The van der Waals surface area contributed by atoms with Gasteiger partial charge in [-0.2, -0.15) is 0 Å². The van der Waals surface area contributed by atoms with E-state index >= 15 is 0 Å². The number of nitrogens with one attached hydrogen (secondary N) is 1. The SMILES string of the molecule is CC(C)C1CNCCN1C1CC2CCCC(C1)N2C. The zero-order valence-corrected chi connectivity index (χ0v) is 12.9. The summed E-state index contributed by atoms with van der Waals surface area (Å²) in [5, 5.41) is 3.59. The van der Waals surface area contributed by atoms with Gasteiger partial charge in [-0.05, 0) is 38.6 Å². The fourth-order valence-electron chi connectivity index (χ4n) is 4.67. The average molecular weight is 265 g/mol. The van der Waals surface area contributed by atoms with Crippen LogP contribution in [0.1, 0.15) is 46.0 Å². The number of fused-ring (bicyclic) bond motifs is 2. The van der Waals surface area contributed by atoms with Gasteiger partial charge in [0.1, 0.15) is 0 Å². The van der Waals surface area contributed by atoms with Crippen molar-refractivity contribution in [1.82, 2.24) is 15.1 Å². The Morgan fingerprint density at radius 1 is 1.05 bits per heavy atom. The van der Waals surface area contributed by atoms with E-state index in [1.165, 1.54) is 51.7 Å². The topological polar surface area (TPSA) is 18.5 Å². The van der Waals surface area contributed by atoms with Gasteiger partial charge in [0.25, 0.3) is 0 Å². The van der Waals surface area contributed by atoms with Crippen LogP contribution in [0.15, 0.2) is 0 Å². The molecule has 0 saturated carbocycles. The summed E-state index contributed by atoms with van der Waals surface area (Å²) in [5.74, 6) is 0.771. The molecule has 3 rings (SSSR count). The largest absolute Gasteiger partial charge is 0.314 e. The second kappa shape index (κ2) is 5.71. The quantitative estimate of drug-likeness (QED) is 0.823. The van der Waals surface area contributed by atoms with Crippen molar-refractivity contribution in [3.05, 3.63) is 0 Å². The zero-order valence-electron chi connectivity index (χ0n) is 12.9. The van der Waals surface area contributed by atoms with E-state index in [-0.39, 0.29) is 0 Å². The van der Waals surface area contributed by atoms with Gasteiger partial charge in [-0.1, -0.05) is 20.3 Å². The van der Waals surface area contributed by atoms with E-state index in [0.29, 0.717) is 0 Å². The molecule has 3 fully saturated rings. The van der Waals surface area contributed by atoms with Crippen molar-refractivity contribution in [3.8, 4) is 0 Å². The van der Waals surface area contributed by atoms with Crippen molar-refractivity contribution in [2.45, 2.75) is 70.1 Å². The normalized spacial score (nSPS) is 41.7. The van der Waals surface area contributed by atoms with Gasteiger partial charge in [-0.15, -0.1) is 0 Å². The summed E-state index contributed by atoms with van der Waals surface area (Å²) < 4.78 is 0. The molecule has 3 saturated heterocycles. The van der Waals surface area contributed by atoms with Gasteiger partial charge in [-0.3, -0.25) is 4.90 Å². The van der Waals surface area contributed by atoms with Crippen LogP contribution in [0, 0.1) is 5.92 Å². The monoisotopic (exact) mass is 265 g/mol. The average Bonchev–Trinajstić information content (AvgIpc) is 2.38. The summed E-state index contributed by atoms with van der Waals surface area (Å²) in [6, 6.07) is 3.32. The number of piperidine rings is 2. The fraction of sp³-hybridized carbons (Fsp3) is 1.00. The summed E-state index contributed by atoms with van der Waals surface area (Å²) in [4.78, 5) is 5.55. The Labute approximate surface area is 118 Å². The molecule has 3 aliphatic heterocycles. The van der Waals surface area contributed by atoms with Gasteiger partial charge in [0.2, 0.25) is 0 Å². The molecule has 3 atom stereocenters. The highest BCUT2D eigenvalue weighted by molar-refractivity contribution is 4.97. The summed E-state index contributed by atoms with van der Waals surface area (Å²) >= 11 is 0. The first-order valence-electron chi connectivity index (χ1n) is 8.35. The minimum Gasteiger partial charge on any atom is -0.314 e. The van der Waals surface area contributed by atoms with Crippen molar-refractivity contribution in [3.63, 3.8) is 0 Å². The third-order valence-corrected chi connectivity index (χ3v) is 5.88. The molecule has 19 heavy (non-hydrogen) atoms. The van der Waals surface area contributed by atoms with Crippen LogP contribution in [0.5, 0.6) is 0 Å². The lowest BCUT2D eigenvalue weighted by atomic mass is 9.80. The molecule has 0 radical (unpaired) electrons. The smallest absolute Gasteiger partial charge is 0.0247 e. The Morgan fingerprint density at radius 3 is 2.37 bits per heavy atom. The molecule has 0 aliphatic carbocycles. The van der Waals surface area contributed by atoms with Crippen LogP contribution in [0.3, 0.4) is 0 Å². The summed E-state index contributed by atoms with van der Waals surface area (Å²) in [6.45, 7) is 8.42. The van der Waals surface area contributed by atoms with Crippen LogP contribution >= 0.6 is 0 Å². The molecule has 0 amide bonds. The van der Waals surface area contributed by atoms with Gasteiger partial charge < -0.3 is 10.2 Å². The van der Waals surface area contributed by atoms with E-state index in [9.17, 15) is 0 Å². The Kier molecular flexibility index (Phi) is 4.16. The number of hydrogen-bond acceptors (Lipinski definition) is 3. The van der Waals surface area contributed by atoms with Crippen LogP contribution in [-0.4, -0.2) is 60.6 Å². The number of rotatable bonds is 2. The minimum absolute atomic E-state index is 0.753.